The van der Waals surface area contributed by atoms with E-state index in [1.54, 1.807) is 9.80 Å². The topological polar surface area (TPSA) is 182 Å². The normalized spacial score (nSPS) is 17.1. The van der Waals surface area contributed by atoms with Crippen LogP contribution in [0.1, 0.15) is 53.8 Å². The maximum atomic E-state index is 13.5. The maximum Gasteiger partial charge on any atom is 0.302 e. The van der Waals surface area contributed by atoms with Crippen molar-refractivity contribution in [2.75, 3.05) is 65.2 Å². The smallest absolute Gasteiger partial charge is 0.302 e. The zero-order chi connectivity index (χ0) is 35.8. The number of amides is 2. The predicted octanol–water partition coefficient (Wildman–Crippen LogP) is 3.38. The average molecular weight is 681 g/mol. The molecule has 264 valence electrons. The molecule has 0 unspecified atom stereocenters. The number of nitrogens with zero attached hydrogens (tertiary/aromatic N) is 2. The Morgan fingerprint density at radius 3 is 1.43 bits per heavy atom. The summed E-state index contributed by atoms with van der Waals surface area (Å²) in [4.78, 5) is 52.7. The van der Waals surface area contributed by atoms with Gasteiger partial charge in [0.05, 0.1) is 50.6 Å². The Kier molecular flexibility index (Phi) is 12.0. The summed E-state index contributed by atoms with van der Waals surface area (Å²) in [6, 6.07) is 5.44. The molecule has 14 heteroatoms. The van der Waals surface area contributed by atoms with Crippen LogP contribution in [0.25, 0.3) is 0 Å². The van der Waals surface area contributed by atoms with Crippen molar-refractivity contribution in [1.82, 2.24) is 9.80 Å². The Hall–Kier alpha value is -5.40. The van der Waals surface area contributed by atoms with E-state index in [9.17, 15) is 19.2 Å². The molecule has 2 aromatic carbocycles. The third-order valence-electron chi connectivity index (χ3n) is 8.13. The first-order chi connectivity index (χ1) is 23.3. The number of anilines is 2. The molecule has 0 spiro atoms. The van der Waals surface area contributed by atoms with Crippen molar-refractivity contribution < 1.29 is 47.6 Å². The van der Waals surface area contributed by atoms with E-state index < -0.39 is 11.9 Å². The Bertz CT molecular complexity index is 1510. The van der Waals surface area contributed by atoms with Gasteiger partial charge in [0.1, 0.15) is 13.2 Å². The second-order valence-corrected chi connectivity index (χ2v) is 11.9. The highest BCUT2D eigenvalue weighted by Gasteiger charge is 2.35. The van der Waals surface area contributed by atoms with Crippen LogP contribution in [0, 0.1) is 0 Å². The number of benzene rings is 2. The SMILES string of the molecule is C=C1C[C@@H](COC(C)=O)N(C(=O)c2cc(OC)c(OCCCOc3cc(N)c(C(=O)N4CC(=C)C[C@H]4COC(C)=O)cc3OC)cc2N)C1. The molecule has 0 saturated carbocycles. The summed E-state index contributed by atoms with van der Waals surface area (Å²) >= 11 is 0. The molecule has 4 rings (SSSR count). The predicted molar refractivity (Wildman–Crippen MR) is 181 cm³/mol. The summed E-state index contributed by atoms with van der Waals surface area (Å²) in [6.45, 7) is 11.8. The minimum Gasteiger partial charge on any atom is -0.493 e. The molecule has 0 aliphatic carbocycles. The van der Waals surface area contributed by atoms with Gasteiger partial charge in [-0.3, -0.25) is 19.2 Å². The van der Waals surface area contributed by atoms with Crippen molar-refractivity contribution in [2.45, 2.75) is 45.2 Å². The Morgan fingerprint density at radius 1 is 0.694 bits per heavy atom. The molecule has 2 amide bonds. The zero-order valence-electron chi connectivity index (χ0n) is 28.4. The van der Waals surface area contributed by atoms with Gasteiger partial charge in [-0.1, -0.05) is 24.3 Å². The third kappa shape index (κ3) is 8.95. The van der Waals surface area contributed by atoms with Crippen LogP contribution in [-0.2, 0) is 19.1 Å². The summed E-state index contributed by atoms with van der Waals surface area (Å²) in [5, 5.41) is 0. The van der Waals surface area contributed by atoms with Crippen LogP contribution in [0.2, 0.25) is 0 Å². The van der Waals surface area contributed by atoms with Crippen molar-refractivity contribution >= 4 is 35.1 Å². The van der Waals surface area contributed by atoms with Gasteiger partial charge in [0, 0.05) is 56.9 Å². The summed E-state index contributed by atoms with van der Waals surface area (Å²) < 4.78 is 33.1. The van der Waals surface area contributed by atoms with Gasteiger partial charge in [-0.15, -0.1) is 0 Å². The van der Waals surface area contributed by atoms with Gasteiger partial charge in [-0.25, -0.2) is 0 Å². The van der Waals surface area contributed by atoms with E-state index in [0.29, 0.717) is 55.4 Å². The maximum absolute atomic E-state index is 13.5. The molecular formula is C35H44N4O10. The highest BCUT2D eigenvalue weighted by molar-refractivity contribution is 6.01. The summed E-state index contributed by atoms with van der Waals surface area (Å²) in [7, 11) is 2.92. The molecule has 2 saturated heterocycles. The highest BCUT2D eigenvalue weighted by atomic mass is 16.5. The first kappa shape index (κ1) is 36.4. The Labute approximate surface area is 285 Å². The second-order valence-electron chi connectivity index (χ2n) is 11.9. The lowest BCUT2D eigenvalue weighted by Crippen LogP contribution is -2.39. The highest BCUT2D eigenvalue weighted by Crippen LogP contribution is 2.36. The molecule has 0 aromatic heterocycles. The van der Waals surface area contributed by atoms with E-state index in [2.05, 4.69) is 13.2 Å². The number of nitrogens with two attached hydrogens (primary N) is 2. The number of carbonyl (C=O) groups is 4. The van der Waals surface area contributed by atoms with Crippen molar-refractivity contribution in [3.8, 4) is 23.0 Å². The number of esters is 2. The van der Waals surface area contributed by atoms with E-state index in [0.717, 1.165) is 11.1 Å². The van der Waals surface area contributed by atoms with E-state index in [1.807, 2.05) is 0 Å². The summed E-state index contributed by atoms with van der Waals surface area (Å²) in [5.41, 5.74) is 15.1. The number of carbonyl (C=O) groups excluding carboxylic acids is 4. The van der Waals surface area contributed by atoms with Crippen LogP contribution in [0.5, 0.6) is 23.0 Å². The lowest BCUT2D eigenvalue weighted by atomic mass is 10.1. The standard InChI is InChI=1S/C35H44N4O10/c1-20-10-24(18-48-22(3)40)38(16-20)34(42)26-12-30(44-5)32(14-28(26)36)46-8-7-9-47-33-15-29(37)27(13-31(33)45-6)35(43)39-17-21(2)11-25(39)19-49-23(4)41/h12-15,24-25H,1-2,7-11,16-19,36-37H2,3-6H3/t24-,25-/m0/s1. The number of hydrogen-bond acceptors (Lipinski definition) is 12. The Balaban J connectivity index is 1.36. The van der Waals surface area contributed by atoms with E-state index >= 15 is 0 Å². The van der Waals surface area contributed by atoms with Crippen LogP contribution in [-0.4, -0.2) is 99.4 Å². The van der Waals surface area contributed by atoms with Gasteiger partial charge in [-0.2, -0.15) is 0 Å². The number of ether oxygens (including phenoxy) is 6. The molecule has 2 heterocycles. The van der Waals surface area contributed by atoms with Crippen LogP contribution in [0.3, 0.4) is 0 Å². The van der Waals surface area contributed by atoms with Gasteiger partial charge in [0.15, 0.2) is 23.0 Å². The molecule has 0 radical (unpaired) electrons. The van der Waals surface area contributed by atoms with Crippen LogP contribution >= 0.6 is 0 Å². The first-order valence-corrected chi connectivity index (χ1v) is 15.7. The third-order valence-corrected chi connectivity index (χ3v) is 8.13. The van der Waals surface area contributed by atoms with E-state index in [-0.39, 0.29) is 72.8 Å². The van der Waals surface area contributed by atoms with Gasteiger partial charge in [0.2, 0.25) is 0 Å². The zero-order valence-corrected chi connectivity index (χ0v) is 28.4. The van der Waals surface area contributed by atoms with E-state index in [4.69, 9.17) is 39.9 Å². The van der Waals surface area contributed by atoms with Gasteiger partial charge < -0.3 is 49.7 Å². The summed E-state index contributed by atoms with van der Waals surface area (Å²) in [6.07, 6.45) is 1.48. The quantitative estimate of drug-likeness (QED) is 0.129. The lowest BCUT2D eigenvalue weighted by Gasteiger charge is -2.25. The van der Waals surface area contributed by atoms with Crippen LogP contribution < -0.4 is 30.4 Å². The van der Waals surface area contributed by atoms with E-state index in [1.165, 1.54) is 52.3 Å². The monoisotopic (exact) mass is 680 g/mol. The molecule has 2 aliphatic rings. The van der Waals surface area contributed by atoms with Crippen LogP contribution in [0.15, 0.2) is 48.6 Å². The van der Waals surface area contributed by atoms with Crippen LogP contribution in [0.4, 0.5) is 11.4 Å². The molecule has 14 nitrogen and oxygen atoms in total. The fraction of sp³-hybridized carbons (Fsp3) is 0.429. The minimum atomic E-state index is -0.427. The number of likely N-dealkylation sites (tertiary alicyclic amines) is 2. The lowest BCUT2D eigenvalue weighted by molar-refractivity contribution is -0.143. The van der Waals surface area contributed by atoms with Crippen molar-refractivity contribution in [1.29, 1.82) is 0 Å². The Morgan fingerprint density at radius 2 is 1.08 bits per heavy atom. The van der Waals surface area contributed by atoms with Gasteiger partial charge in [0.25, 0.3) is 11.8 Å². The fourth-order valence-electron chi connectivity index (χ4n) is 5.76. The van der Waals surface area contributed by atoms with Crippen molar-refractivity contribution in [2.24, 2.45) is 0 Å². The average Bonchev–Trinajstić information content (AvgIpc) is 3.63. The molecule has 2 aliphatic heterocycles. The molecular weight excluding hydrogens is 636 g/mol. The minimum absolute atomic E-state index is 0.0651. The van der Waals surface area contributed by atoms with Crippen molar-refractivity contribution in [3.63, 3.8) is 0 Å². The largest absolute Gasteiger partial charge is 0.493 e. The molecule has 0 bridgehead atoms. The molecule has 49 heavy (non-hydrogen) atoms. The number of rotatable bonds is 14. The number of nitrogen functional groups attached to an aromatic ring is 2. The summed E-state index contributed by atoms with van der Waals surface area (Å²) in [5.74, 6) is -0.188. The first-order valence-electron chi connectivity index (χ1n) is 15.7. The fourth-order valence-corrected chi connectivity index (χ4v) is 5.76. The second kappa shape index (κ2) is 16.1. The molecule has 2 atom stereocenters. The number of hydrogen-bond donors (Lipinski definition) is 2. The van der Waals surface area contributed by atoms with Crippen molar-refractivity contribution in [3.05, 3.63) is 59.7 Å². The van der Waals surface area contributed by atoms with Gasteiger partial charge in [-0.05, 0) is 25.0 Å². The molecule has 2 fully saturated rings. The van der Waals surface area contributed by atoms with Gasteiger partial charge >= 0.3 is 11.9 Å². The molecule has 4 N–H and O–H groups in total. The number of methoxy groups -OCH3 is 2. The molecule has 2 aromatic rings.